The lowest BCUT2D eigenvalue weighted by Gasteiger charge is -2.11. The van der Waals surface area contributed by atoms with Crippen LogP contribution in [0.15, 0.2) is 51.9 Å². The average molecular weight is 362 g/mol. The molecule has 0 aliphatic carbocycles. The molecule has 0 atom stereocenters. The van der Waals surface area contributed by atoms with Crippen LogP contribution in [0.1, 0.15) is 18.1 Å². The highest BCUT2D eigenvalue weighted by Crippen LogP contribution is 2.33. The molecular formula is C18H20BrNO2. The van der Waals surface area contributed by atoms with Crippen LogP contribution in [-0.4, -0.2) is 26.5 Å². The number of methoxy groups -OCH3 is 2. The Kier molecular flexibility index (Phi) is 6.01. The van der Waals surface area contributed by atoms with Gasteiger partial charge in [0.1, 0.15) is 0 Å². The Morgan fingerprint density at radius 2 is 1.68 bits per heavy atom. The summed E-state index contributed by atoms with van der Waals surface area (Å²) in [7, 11) is 3.28. The highest BCUT2D eigenvalue weighted by atomic mass is 79.9. The molecule has 0 N–H and O–H groups in total. The number of ether oxygens (including phenoxy) is 2. The minimum atomic E-state index is 0.724. The predicted molar refractivity (Wildman–Crippen MR) is 94.5 cm³/mol. The van der Waals surface area contributed by atoms with Gasteiger partial charge in [-0.2, -0.15) is 0 Å². The van der Waals surface area contributed by atoms with Gasteiger partial charge < -0.3 is 9.47 Å². The number of nitrogens with zero attached hydrogens (tertiary/aromatic N) is 1. The largest absolute Gasteiger partial charge is 0.493 e. The summed E-state index contributed by atoms with van der Waals surface area (Å²) in [5.74, 6) is 1.46. The van der Waals surface area contributed by atoms with Crippen molar-refractivity contribution in [3.05, 3.63) is 58.1 Å². The molecule has 0 unspecified atom stereocenters. The first kappa shape index (κ1) is 16.6. The maximum atomic E-state index is 5.35. The number of aliphatic imine (C=N–C) groups is 1. The maximum absolute atomic E-state index is 5.35. The van der Waals surface area contributed by atoms with Gasteiger partial charge in [-0.1, -0.05) is 46.3 Å². The van der Waals surface area contributed by atoms with Crippen LogP contribution in [0.3, 0.4) is 0 Å². The molecule has 0 amide bonds. The lowest BCUT2D eigenvalue weighted by atomic mass is 10.1. The standard InChI is InChI=1S/C18H20BrNO2/c1-13(14-7-5-4-6-8-14)20-10-9-15-11-17(21-2)18(22-3)12-16(15)19/h4-8,11-12H,9-10H2,1-3H3. The van der Waals surface area contributed by atoms with E-state index in [9.17, 15) is 0 Å². The molecule has 0 aliphatic rings. The molecule has 2 aromatic carbocycles. The van der Waals surface area contributed by atoms with E-state index in [1.807, 2.05) is 37.3 Å². The average Bonchev–Trinajstić information content (AvgIpc) is 2.56. The Hall–Kier alpha value is -1.81. The van der Waals surface area contributed by atoms with Crippen molar-refractivity contribution in [3.8, 4) is 11.5 Å². The Balaban J connectivity index is 2.09. The minimum Gasteiger partial charge on any atom is -0.493 e. The van der Waals surface area contributed by atoms with Crippen molar-refractivity contribution in [1.82, 2.24) is 0 Å². The number of hydrogen-bond acceptors (Lipinski definition) is 3. The van der Waals surface area contributed by atoms with Gasteiger partial charge in [0.2, 0.25) is 0 Å². The molecule has 2 aromatic rings. The monoisotopic (exact) mass is 361 g/mol. The highest BCUT2D eigenvalue weighted by Gasteiger charge is 2.09. The van der Waals surface area contributed by atoms with Crippen LogP contribution in [0.5, 0.6) is 11.5 Å². The summed E-state index contributed by atoms with van der Waals surface area (Å²) in [4.78, 5) is 4.65. The normalized spacial score (nSPS) is 11.4. The van der Waals surface area contributed by atoms with Crippen LogP contribution in [0.4, 0.5) is 0 Å². The summed E-state index contributed by atoms with van der Waals surface area (Å²) < 4.78 is 11.6. The van der Waals surface area contributed by atoms with Crippen LogP contribution in [0.2, 0.25) is 0 Å². The van der Waals surface area contributed by atoms with Gasteiger partial charge in [-0.3, -0.25) is 4.99 Å². The highest BCUT2D eigenvalue weighted by molar-refractivity contribution is 9.10. The quantitative estimate of drug-likeness (QED) is 0.708. The topological polar surface area (TPSA) is 30.8 Å². The second-order valence-electron chi connectivity index (χ2n) is 4.88. The van der Waals surface area contributed by atoms with E-state index in [2.05, 4.69) is 33.1 Å². The number of halogens is 1. The van der Waals surface area contributed by atoms with E-state index in [1.54, 1.807) is 14.2 Å². The lowest BCUT2D eigenvalue weighted by Crippen LogP contribution is -1.99. The molecule has 0 aliphatic heterocycles. The Morgan fingerprint density at radius 3 is 2.32 bits per heavy atom. The van der Waals surface area contributed by atoms with Gasteiger partial charge in [0.15, 0.2) is 11.5 Å². The van der Waals surface area contributed by atoms with Crippen molar-refractivity contribution < 1.29 is 9.47 Å². The molecule has 0 fully saturated rings. The van der Waals surface area contributed by atoms with Gasteiger partial charge in [-0.05, 0) is 36.6 Å². The van der Waals surface area contributed by atoms with E-state index in [4.69, 9.17) is 9.47 Å². The molecule has 0 aromatic heterocycles. The SMILES string of the molecule is COc1cc(Br)c(CCN=C(C)c2ccccc2)cc1OC. The van der Waals surface area contributed by atoms with Crippen LogP contribution >= 0.6 is 15.9 Å². The molecule has 3 nitrogen and oxygen atoms in total. The summed E-state index contributed by atoms with van der Waals surface area (Å²) in [6, 6.07) is 14.1. The third kappa shape index (κ3) is 4.10. The zero-order valence-electron chi connectivity index (χ0n) is 13.1. The van der Waals surface area contributed by atoms with E-state index in [1.165, 1.54) is 0 Å². The molecule has 0 saturated heterocycles. The molecule has 22 heavy (non-hydrogen) atoms. The zero-order chi connectivity index (χ0) is 15.9. The molecule has 2 rings (SSSR count). The van der Waals surface area contributed by atoms with Crippen molar-refractivity contribution in [2.24, 2.45) is 4.99 Å². The third-order valence-corrected chi connectivity index (χ3v) is 4.21. The van der Waals surface area contributed by atoms with Crippen LogP contribution in [0, 0.1) is 0 Å². The molecule has 0 heterocycles. The minimum absolute atomic E-state index is 0.724. The number of benzene rings is 2. The van der Waals surface area contributed by atoms with Crippen LogP contribution in [0.25, 0.3) is 0 Å². The molecule has 0 saturated carbocycles. The van der Waals surface area contributed by atoms with Gasteiger partial charge in [-0.15, -0.1) is 0 Å². The second kappa shape index (κ2) is 7.99. The first-order chi connectivity index (χ1) is 10.7. The summed E-state index contributed by atoms with van der Waals surface area (Å²) in [6.07, 6.45) is 0.838. The molecule has 0 radical (unpaired) electrons. The van der Waals surface area contributed by atoms with Gasteiger partial charge in [0.05, 0.1) is 14.2 Å². The molecule has 0 bridgehead atoms. The number of rotatable bonds is 6. The predicted octanol–water partition coefficient (Wildman–Crippen LogP) is 4.52. The van der Waals surface area contributed by atoms with Crippen molar-refractivity contribution >= 4 is 21.6 Å². The van der Waals surface area contributed by atoms with E-state index in [0.29, 0.717) is 0 Å². The fraction of sp³-hybridized carbons (Fsp3) is 0.278. The Labute approximate surface area is 140 Å². The van der Waals surface area contributed by atoms with Gasteiger partial charge in [0, 0.05) is 16.7 Å². The van der Waals surface area contributed by atoms with Gasteiger partial charge in [-0.25, -0.2) is 0 Å². The van der Waals surface area contributed by atoms with Gasteiger partial charge >= 0.3 is 0 Å². The van der Waals surface area contributed by atoms with Gasteiger partial charge in [0.25, 0.3) is 0 Å². The number of hydrogen-bond donors (Lipinski definition) is 0. The van der Waals surface area contributed by atoms with Crippen LogP contribution in [-0.2, 0) is 6.42 Å². The fourth-order valence-corrected chi connectivity index (χ4v) is 2.72. The summed E-state index contributed by atoms with van der Waals surface area (Å²) in [6.45, 7) is 2.77. The molecular weight excluding hydrogens is 342 g/mol. The van der Waals surface area contributed by atoms with E-state index in [-0.39, 0.29) is 0 Å². The molecule has 116 valence electrons. The second-order valence-corrected chi connectivity index (χ2v) is 5.74. The first-order valence-corrected chi connectivity index (χ1v) is 7.92. The smallest absolute Gasteiger partial charge is 0.161 e. The van der Waals surface area contributed by atoms with Crippen LogP contribution < -0.4 is 9.47 Å². The lowest BCUT2D eigenvalue weighted by molar-refractivity contribution is 0.354. The first-order valence-electron chi connectivity index (χ1n) is 7.12. The van der Waals surface area contributed by atoms with E-state index >= 15 is 0 Å². The van der Waals surface area contributed by atoms with Crippen molar-refractivity contribution in [3.63, 3.8) is 0 Å². The zero-order valence-corrected chi connectivity index (χ0v) is 14.7. The van der Waals surface area contributed by atoms with E-state index in [0.717, 1.165) is 45.8 Å². The van der Waals surface area contributed by atoms with E-state index < -0.39 is 0 Å². The summed E-state index contributed by atoms with van der Waals surface area (Å²) in [5.41, 5.74) is 3.37. The Bertz CT molecular complexity index is 654. The van der Waals surface area contributed by atoms with Crippen molar-refractivity contribution in [2.75, 3.05) is 20.8 Å². The fourth-order valence-electron chi connectivity index (χ4n) is 2.20. The van der Waals surface area contributed by atoms with Crippen molar-refractivity contribution in [2.45, 2.75) is 13.3 Å². The van der Waals surface area contributed by atoms with Crippen molar-refractivity contribution in [1.29, 1.82) is 0 Å². The summed E-state index contributed by atoms with van der Waals surface area (Å²) >= 11 is 3.58. The Morgan fingerprint density at radius 1 is 1.05 bits per heavy atom. The third-order valence-electron chi connectivity index (χ3n) is 3.47. The summed E-state index contributed by atoms with van der Waals surface area (Å²) in [5, 5.41) is 0. The molecule has 0 spiro atoms. The maximum Gasteiger partial charge on any atom is 0.161 e. The molecule has 4 heteroatoms.